The van der Waals surface area contributed by atoms with Gasteiger partial charge in [-0.25, -0.2) is 0 Å². The predicted octanol–water partition coefficient (Wildman–Crippen LogP) is 5.70. The van der Waals surface area contributed by atoms with E-state index in [0.717, 1.165) is 51.3 Å². The Labute approximate surface area is 227 Å². The number of likely N-dealkylation sites (tertiary alicyclic amines) is 2. The molecule has 38 heavy (non-hydrogen) atoms. The molecule has 2 aliphatic heterocycles. The monoisotopic (exact) mass is 555 g/mol. The van der Waals surface area contributed by atoms with Gasteiger partial charge in [0.25, 0.3) is 0 Å². The maximum Gasteiger partial charge on any atom is 0.416 e. The lowest BCUT2D eigenvalue weighted by molar-refractivity contribution is -0.147. The first-order chi connectivity index (χ1) is 18.0. The van der Waals surface area contributed by atoms with Gasteiger partial charge in [0.15, 0.2) is 0 Å². The molecule has 6 nitrogen and oxygen atoms in total. The van der Waals surface area contributed by atoms with Crippen LogP contribution in [0.1, 0.15) is 69.4 Å². The molecule has 1 aliphatic carbocycles. The van der Waals surface area contributed by atoms with Crippen LogP contribution in [0, 0.1) is 11.3 Å². The van der Waals surface area contributed by atoms with Crippen LogP contribution in [-0.4, -0.2) is 59.1 Å². The van der Waals surface area contributed by atoms with Crippen molar-refractivity contribution in [3.05, 3.63) is 46.0 Å². The second-order valence-corrected chi connectivity index (χ2v) is 11.5. The number of aliphatic carboxylic acids is 1. The molecule has 1 aromatic rings. The number of piperidine rings is 1. The molecule has 1 unspecified atom stereocenters. The Morgan fingerprint density at radius 3 is 2.66 bits per heavy atom. The van der Waals surface area contributed by atoms with Gasteiger partial charge in [-0.1, -0.05) is 36.2 Å². The first-order valence-corrected chi connectivity index (χ1v) is 13.9. The molecule has 1 aromatic carbocycles. The van der Waals surface area contributed by atoms with E-state index in [1.807, 2.05) is 6.92 Å². The van der Waals surface area contributed by atoms with Crippen molar-refractivity contribution in [3.63, 3.8) is 0 Å². The SMILES string of the molecule is C[C@H]1CN(Cc2c(Cl)cccc2C(F)(F)F)C[C@@]1(CC(=O)O)C(=O)NC1CCCCN1CC1=CCCCC1. The standard InChI is InChI=1S/C28H37ClF3N3O3/c1-19-15-34(17-21-22(28(30,31)32)10-7-11-23(21)29)18-27(19,14-25(36)37)26(38)33-24-12-5-6-13-35(24)16-20-8-3-2-4-9-20/h7-8,10-11,19,24H,2-6,9,12-18H2,1H3,(H,33,38)(H,36,37)/t19-,24?,27+/m0/s1. The summed E-state index contributed by atoms with van der Waals surface area (Å²) in [7, 11) is 0. The summed E-state index contributed by atoms with van der Waals surface area (Å²) < 4.78 is 41.0. The number of nitrogens with one attached hydrogen (secondary N) is 1. The quantitative estimate of drug-likeness (QED) is 0.403. The number of halogens is 4. The molecule has 0 aromatic heterocycles. The molecular weight excluding hydrogens is 519 g/mol. The van der Waals surface area contributed by atoms with E-state index < -0.39 is 23.1 Å². The zero-order valence-corrected chi connectivity index (χ0v) is 22.6. The summed E-state index contributed by atoms with van der Waals surface area (Å²) in [6.45, 7) is 3.70. The van der Waals surface area contributed by atoms with Crippen LogP contribution in [0.4, 0.5) is 13.2 Å². The summed E-state index contributed by atoms with van der Waals surface area (Å²) in [5.74, 6) is -1.80. The van der Waals surface area contributed by atoms with Gasteiger partial charge in [0.05, 0.1) is 23.6 Å². The van der Waals surface area contributed by atoms with Crippen molar-refractivity contribution in [2.45, 2.75) is 77.2 Å². The highest BCUT2D eigenvalue weighted by atomic mass is 35.5. The number of hydrogen-bond acceptors (Lipinski definition) is 4. The fourth-order valence-electron chi connectivity index (χ4n) is 6.33. The van der Waals surface area contributed by atoms with Crippen molar-refractivity contribution < 1.29 is 27.9 Å². The maximum atomic E-state index is 13.9. The third kappa shape index (κ3) is 6.54. The first-order valence-electron chi connectivity index (χ1n) is 13.5. The highest BCUT2D eigenvalue weighted by Gasteiger charge is 2.52. The van der Waals surface area contributed by atoms with Crippen molar-refractivity contribution in [3.8, 4) is 0 Å². The number of benzene rings is 1. The fraction of sp³-hybridized carbons (Fsp3) is 0.643. The molecule has 2 N–H and O–H groups in total. The first kappa shape index (κ1) is 28.9. The normalized spacial score (nSPS) is 27.2. The molecule has 210 valence electrons. The van der Waals surface area contributed by atoms with Gasteiger partial charge in [-0.3, -0.25) is 19.4 Å². The van der Waals surface area contributed by atoms with E-state index in [-0.39, 0.29) is 48.1 Å². The molecular formula is C28H37ClF3N3O3. The molecule has 3 aliphatic rings. The second kappa shape index (κ2) is 12.0. The third-order valence-corrected chi connectivity index (χ3v) is 8.76. The van der Waals surface area contributed by atoms with Crippen LogP contribution in [0.2, 0.25) is 5.02 Å². The summed E-state index contributed by atoms with van der Waals surface area (Å²) in [6, 6.07) is 3.68. The van der Waals surface area contributed by atoms with Crippen molar-refractivity contribution in [1.29, 1.82) is 0 Å². The molecule has 0 spiro atoms. The Kier molecular flexibility index (Phi) is 9.10. The van der Waals surface area contributed by atoms with Gasteiger partial charge in [-0.2, -0.15) is 13.2 Å². The minimum absolute atomic E-state index is 0.00234. The maximum absolute atomic E-state index is 13.9. The second-order valence-electron chi connectivity index (χ2n) is 11.1. The molecule has 0 saturated carbocycles. The lowest BCUT2D eigenvalue weighted by Crippen LogP contribution is -2.56. The summed E-state index contributed by atoms with van der Waals surface area (Å²) in [5.41, 5.74) is -0.732. The van der Waals surface area contributed by atoms with Gasteiger partial charge in [-0.15, -0.1) is 0 Å². The van der Waals surface area contributed by atoms with E-state index >= 15 is 0 Å². The zero-order valence-electron chi connectivity index (χ0n) is 21.8. The lowest BCUT2D eigenvalue weighted by atomic mass is 9.75. The minimum atomic E-state index is -4.57. The number of rotatable bonds is 8. The zero-order chi connectivity index (χ0) is 27.5. The van der Waals surface area contributed by atoms with Crippen LogP contribution in [0.15, 0.2) is 29.8 Å². The van der Waals surface area contributed by atoms with Gasteiger partial charge < -0.3 is 10.4 Å². The predicted molar refractivity (Wildman–Crippen MR) is 139 cm³/mol. The average molecular weight is 556 g/mol. The topological polar surface area (TPSA) is 72.9 Å². The van der Waals surface area contributed by atoms with Gasteiger partial charge >= 0.3 is 12.1 Å². The molecule has 1 amide bonds. The van der Waals surface area contributed by atoms with Crippen molar-refractivity contribution >= 4 is 23.5 Å². The fourth-order valence-corrected chi connectivity index (χ4v) is 6.57. The van der Waals surface area contributed by atoms with Crippen molar-refractivity contribution in [1.82, 2.24) is 15.1 Å². The number of nitrogens with zero attached hydrogens (tertiary/aromatic N) is 2. The molecule has 0 radical (unpaired) electrons. The lowest BCUT2D eigenvalue weighted by Gasteiger charge is -2.40. The highest BCUT2D eigenvalue weighted by Crippen LogP contribution is 2.42. The van der Waals surface area contributed by atoms with Gasteiger partial charge in [0, 0.05) is 37.7 Å². The largest absolute Gasteiger partial charge is 0.481 e. The smallest absolute Gasteiger partial charge is 0.416 e. The van der Waals surface area contributed by atoms with Crippen LogP contribution in [0.25, 0.3) is 0 Å². The van der Waals surface area contributed by atoms with Crippen LogP contribution < -0.4 is 5.32 Å². The van der Waals surface area contributed by atoms with Gasteiger partial charge in [-0.05, 0) is 68.6 Å². The molecule has 2 saturated heterocycles. The van der Waals surface area contributed by atoms with Crippen LogP contribution >= 0.6 is 11.6 Å². The van der Waals surface area contributed by atoms with E-state index in [4.69, 9.17) is 11.6 Å². The molecule has 3 atom stereocenters. The van der Waals surface area contributed by atoms with Crippen molar-refractivity contribution in [2.75, 3.05) is 26.2 Å². The number of hydrogen-bond donors (Lipinski definition) is 2. The van der Waals surface area contributed by atoms with Crippen LogP contribution in [0.5, 0.6) is 0 Å². The van der Waals surface area contributed by atoms with E-state index in [0.29, 0.717) is 6.54 Å². The minimum Gasteiger partial charge on any atom is -0.481 e. The highest BCUT2D eigenvalue weighted by molar-refractivity contribution is 6.31. The molecule has 4 rings (SSSR count). The Balaban J connectivity index is 1.53. The van der Waals surface area contributed by atoms with E-state index in [1.54, 1.807) is 4.90 Å². The van der Waals surface area contributed by atoms with Gasteiger partial charge in [0.2, 0.25) is 5.91 Å². The van der Waals surface area contributed by atoms with E-state index in [2.05, 4.69) is 16.3 Å². The number of carbonyl (C=O) groups excluding carboxylic acids is 1. The molecule has 2 fully saturated rings. The number of alkyl halides is 3. The number of carboxylic acids is 1. The Morgan fingerprint density at radius 1 is 1.18 bits per heavy atom. The van der Waals surface area contributed by atoms with Gasteiger partial charge in [0.1, 0.15) is 0 Å². The summed E-state index contributed by atoms with van der Waals surface area (Å²) >= 11 is 6.18. The number of allylic oxidation sites excluding steroid dienone is 1. The van der Waals surface area contributed by atoms with Crippen LogP contribution in [-0.2, 0) is 22.3 Å². The van der Waals surface area contributed by atoms with Crippen molar-refractivity contribution in [2.24, 2.45) is 11.3 Å². The number of carboxylic acid groups (broad SMARTS) is 1. The summed E-state index contributed by atoms with van der Waals surface area (Å²) in [4.78, 5) is 29.8. The summed E-state index contributed by atoms with van der Waals surface area (Å²) in [5, 5.41) is 12.9. The molecule has 10 heteroatoms. The van der Waals surface area contributed by atoms with E-state index in [9.17, 15) is 27.9 Å². The van der Waals surface area contributed by atoms with Crippen LogP contribution in [0.3, 0.4) is 0 Å². The Bertz CT molecular complexity index is 1060. The third-order valence-electron chi connectivity index (χ3n) is 8.41. The number of amides is 1. The Hall–Kier alpha value is -2.10. The van der Waals surface area contributed by atoms with E-state index in [1.165, 1.54) is 30.5 Å². The summed E-state index contributed by atoms with van der Waals surface area (Å²) in [6.07, 6.45) is 4.48. The average Bonchev–Trinajstić information content (AvgIpc) is 3.16. The molecule has 0 bridgehead atoms. The Morgan fingerprint density at radius 2 is 1.97 bits per heavy atom. The number of carbonyl (C=O) groups is 2. The molecule has 2 heterocycles.